The Bertz CT molecular complexity index is 705. The average Bonchev–Trinajstić information content (AvgIpc) is 2.50. The highest BCUT2D eigenvalue weighted by Crippen LogP contribution is 2.32. The number of halogens is 1. The summed E-state index contributed by atoms with van der Waals surface area (Å²) < 4.78 is 23.4. The first-order valence-electron chi connectivity index (χ1n) is 6.45. The van der Waals surface area contributed by atoms with E-state index in [-0.39, 0.29) is 0 Å². The number of rotatable bonds is 3. The molecule has 1 heterocycles. The van der Waals surface area contributed by atoms with E-state index in [9.17, 15) is 4.21 Å². The van der Waals surface area contributed by atoms with Crippen LogP contribution in [0.5, 0.6) is 11.5 Å². The molecule has 21 heavy (non-hydrogen) atoms. The largest absolute Gasteiger partial charge is 0.486 e. The summed E-state index contributed by atoms with van der Waals surface area (Å²) in [6.45, 7) is 1.04. The fourth-order valence-electron chi connectivity index (χ4n) is 2.09. The van der Waals surface area contributed by atoms with Gasteiger partial charge in [0.15, 0.2) is 11.5 Å². The van der Waals surface area contributed by atoms with E-state index in [2.05, 4.69) is 0 Å². The molecule has 0 saturated heterocycles. The number of hydrogen-bond donors (Lipinski definition) is 1. The summed E-state index contributed by atoms with van der Waals surface area (Å²) in [4.78, 5) is 0.679. The number of fused-ring (bicyclic) bond motifs is 1. The number of anilines is 1. The van der Waals surface area contributed by atoms with Crippen LogP contribution >= 0.6 is 11.6 Å². The van der Waals surface area contributed by atoms with Gasteiger partial charge in [0.2, 0.25) is 0 Å². The zero-order chi connectivity index (χ0) is 14.8. The summed E-state index contributed by atoms with van der Waals surface area (Å²) in [5.74, 6) is 1.63. The van der Waals surface area contributed by atoms with Crippen LogP contribution in [0.15, 0.2) is 41.3 Å². The van der Waals surface area contributed by atoms with Crippen LogP contribution in [0.4, 0.5) is 5.69 Å². The first-order valence-corrected chi connectivity index (χ1v) is 8.15. The molecule has 0 aromatic heterocycles. The monoisotopic (exact) mass is 323 g/mol. The molecule has 1 aliphatic heterocycles. The van der Waals surface area contributed by atoms with Gasteiger partial charge in [0.25, 0.3) is 0 Å². The van der Waals surface area contributed by atoms with Gasteiger partial charge >= 0.3 is 0 Å². The third kappa shape index (κ3) is 3.14. The topological polar surface area (TPSA) is 61.6 Å². The minimum atomic E-state index is -1.23. The summed E-state index contributed by atoms with van der Waals surface area (Å²) in [5.41, 5.74) is 7.25. The minimum Gasteiger partial charge on any atom is -0.486 e. The van der Waals surface area contributed by atoms with E-state index in [0.717, 1.165) is 5.56 Å². The van der Waals surface area contributed by atoms with Crippen molar-refractivity contribution in [3.63, 3.8) is 0 Å². The van der Waals surface area contributed by atoms with E-state index >= 15 is 0 Å². The van der Waals surface area contributed by atoms with Crippen molar-refractivity contribution in [2.75, 3.05) is 18.9 Å². The Morgan fingerprint density at radius 2 is 1.86 bits per heavy atom. The Labute approximate surface area is 130 Å². The number of ether oxygens (including phenoxy) is 2. The van der Waals surface area contributed by atoms with E-state index in [1.165, 1.54) is 0 Å². The molecule has 2 aromatic rings. The Morgan fingerprint density at radius 3 is 2.67 bits per heavy atom. The predicted molar refractivity (Wildman–Crippen MR) is 83.4 cm³/mol. The molecular formula is C15H14ClNO3S. The first-order chi connectivity index (χ1) is 10.1. The molecule has 0 amide bonds. The molecule has 1 unspecified atom stereocenters. The van der Waals surface area contributed by atoms with Crippen LogP contribution in [0.2, 0.25) is 5.02 Å². The van der Waals surface area contributed by atoms with Crippen molar-refractivity contribution in [2.45, 2.75) is 10.6 Å². The highest BCUT2D eigenvalue weighted by Gasteiger charge is 2.15. The highest BCUT2D eigenvalue weighted by atomic mass is 35.5. The van der Waals surface area contributed by atoms with Crippen LogP contribution in [0, 0.1) is 0 Å². The molecule has 0 saturated carbocycles. The molecule has 6 heteroatoms. The van der Waals surface area contributed by atoms with Gasteiger partial charge in [0.1, 0.15) is 13.2 Å². The van der Waals surface area contributed by atoms with Crippen LogP contribution in [-0.2, 0) is 16.6 Å². The third-order valence-corrected chi connectivity index (χ3v) is 4.76. The Kier molecular flexibility index (Phi) is 4.03. The van der Waals surface area contributed by atoms with Crippen molar-refractivity contribution < 1.29 is 13.7 Å². The van der Waals surface area contributed by atoms with Crippen LogP contribution in [0.3, 0.4) is 0 Å². The number of nitrogens with two attached hydrogens (primary N) is 1. The lowest BCUT2D eigenvalue weighted by molar-refractivity contribution is 0.171. The second-order valence-electron chi connectivity index (χ2n) is 4.64. The number of hydrogen-bond acceptors (Lipinski definition) is 4. The van der Waals surface area contributed by atoms with Crippen molar-refractivity contribution >= 4 is 28.1 Å². The van der Waals surface area contributed by atoms with Crippen molar-refractivity contribution in [3.05, 3.63) is 47.0 Å². The van der Waals surface area contributed by atoms with Gasteiger partial charge in [-0.05, 0) is 35.9 Å². The Balaban J connectivity index is 1.83. The van der Waals surface area contributed by atoms with E-state index in [0.29, 0.717) is 46.1 Å². The SMILES string of the molecule is Nc1ccc(Cl)cc1CS(=O)c1ccc2c(c1)OCCO2. The van der Waals surface area contributed by atoms with Crippen molar-refractivity contribution in [1.82, 2.24) is 0 Å². The van der Waals surface area contributed by atoms with E-state index in [1.807, 2.05) is 0 Å². The standard InChI is InChI=1S/C15H14ClNO3S/c16-11-1-3-13(17)10(7-11)9-21(18)12-2-4-14-15(8-12)20-6-5-19-14/h1-4,7-8H,5-6,9,17H2. The van der Waals surface area contributed by atoms with E-state index < -0.39 is 10.8 Å². The zero-order valence-electron chi connectivity index (χ0n) is 11.2. The summed E-state index contributed by atoms with van der Waals surface area (Å²) in [7, 11) is -1.23. The van der Waals surface area contributed by atoms with Gasteiger partial charge in [-0.15, -0.1) is 0 Å². The van der Waals surface area contributed by atoms with Gasteiger partial charge in [-0.25, -0.2) is 0 Å². The molecule has 0 aliphatic carbocycles. The third-order valence-electron chi connectivity index (χ3n) is 3.17. The van der Waals surface area contributed by atoms with Crippen molar-refractivity contribution in [2.24, 2.45) is 0 Å². The highest BCUT2D eigenvalue weighted by molar-refractivity contribution is 7.84. The van der Waals surface area contributed by atoms with Gasteiger partial charge in [-0.2, -0.15) is 0 Å². The van der Waals surface area contributed by atoms with Crippen molar-refractivity contribution in [1.29, 1.82) is 0 Å². The molecule has 2 N–H and O–H groups in total. The molecule has 0 spiro atoms. The van der Waals surface area contributed by atoms with Gasteiger partial charge in [0.05, 0.1) is 16.6 Å². The number of nitrogen functional groups attached to an aromatic ring is 1. The molecular weight excluding hydrogens is 310 g/mol. The number of benzene rings is 2. The van der Waals surface area contributed by atoms with Gasteiger partial charge in [-0.1, -0.05) is 11.6 Å². The van der Waals surface area contributed by atoms with Crippen LogP contribution in [-0.4, -0.2) is 17.4 Å². The molecule has 0 fully saturated rings. The summed E-state index contributed by atoms with van der Waals surface area (Å²) in [6.07, 6.45) is 0. The predicted octanol–water partition coefficient (Wildman–Crippen LogP) is 3.00. The summed E-state index contributed by atoms with van der Waals surface area (Å²) in [5, 5.41) is 0.582. The normalized spacial score (nSPS) is 14.7. The molecule has 2 aromatic carbocycles. The lowest BCUT2D eigenvalue weighted by atomic mass is 10.2. The molecule has 110 valence electrons. The first kappa shape index (κ1) is 14.2. The maximum absolute atomic E-state index is 12.5. The summed E-state index contributed by atoms with van der Waals surface area (Å²) in [6, 6.07) is 10.5. The molecule has 1 atom stereocenters. The molecule has 4 nitrogen and oxygen atoms in total. The van der Waals surface area contributed by atoms with Gasteiger partial charge in [0, 0.05) is 21.7 Å². The summed E-state index contributed by atoms with van der Waals surface area (Å²) >= 11 is 5.95. The molecule has 1 aliphatic rings. The van der Waals surface area contributed by atoms with Crippen LogP contribution in [0.25, 0.3) is 0 Å². The van der Waals surface area contributed by atoms with Crippen LogP contribution < -0.4 is 15.2 Å². The fourth-order valence-corrected chi connectivity index (χ4v) is 3.44. The second kappa shape index (κ2) is 5.95. The molecule has 0 bridgehead atoms. The average molecular weight is 324 g/mol. The Hall–Kier alpha value is -1.72. The quantitative estimate of drug-likeness (QED) is 0.882. The fraction of sp³-hybridized carbons (Fsp3) is 0.200. The van der Waals surface area contributed by atoms with E-state index in [1.54, 1.807) is 36.4 Å². The van der Waals surface area contributed by atoms with Gasteiger partial charge in [-0.3, -0.25) is 4.21 Å². The van der Waals surface area contributed by atoms with Gasteiger partial charge < -0.3 is 15.2 Å². The lowest BCUT2D eigenvalue weighted by Gasteiger charge is -2.18. The zero-order valence-corrected chi connectivity index (χ0v) is 12.7. The van der Waals surface area contributed by atoms with Crippen LogP contribution in [0.1, 0.15) is 5.56 Å². The molecule has 0 radical (unpaired) electrons. The maximum atomic E-state index is 12.5. The Morgan fingerprint density at radius 1 is 1.10 bits per heavy atom. The lowest BCUT2D eigenvalue weighted by Crippen LogP contribution is -2.15. The van der Waals surface area contributed by atoms with E-state index in [4.69, 9.17) is 26.8 Å². The van der Waals surface area contributed by atoms with Crippen molar-refractivity contribution in [3.8, 4) is 11.5 Å². The minimum absolute atomic E-state index is 0.312. The maximum Gasteiger partial charge on any atom is 0.162 e. The smallest absolute Gasteiger partial charge is 0.162 e. The molecule has 3 rings (SSSR count). The second-order valence-corrected chi connectivity index (χ2v) is 6.53.